The zero-order chi connectivity index (χ0) is 14.8. The minimum absolute atomic E-state index is 0.109. The number of benzene rings is 1. The number of hydrogen-bond donors (Lipinski definition) is 1. The molecule has 1 heterocycles. The molecule has 1 fully saturated rings. The van der Waals surface area contributed by atoms with Crippen LogP contribution in [0.25, 0.3) is 0 Å². The molecule has 110 valence electrons. The Bertz CT molecular complexity index is 475. The van der Waals surface area contributed by atoms with Crippen LogP contribution >= 0.6 is 11.8 Å². The Balaban J connectivity index is 2.03. The summed E-state index contributed by atoms with van der Waals surface area (Å²) in [5.74, 6) is 1.31. The van der Waals surface area contributed by atoms with Gasteiger partial charge >= 0.3 is 6.09 Å². The zero-order valence-corrected chi connectivity index (χ0v) is 12.9. The number of amides is 1. The predicted molar refractivity (Wildman–Crippen MR) is 80.7 cm³/mol. The molecule has 0 radical (unpaired) electrons. The fraction of sp³-hybridized carbons (Fsp3) is 0.533. The molecule has 20 heavy (non-hydrogen) atoms. The van der Waals surface area contributed by atoms with Crippen molar-refractivity contribution in [2.45, 2.75) is 37.7 Å². The Kier molecular flexibility index (Phi) is 4.60. The third-order valence-electron chi connectivity index (χ3n) is 3.45. The molecule has 1 aromatic rings. The number of ether oxygens (including phenoxy) is 2. The molecule has 0 unspecified atom stereocenters. The number of thioether (sulfide) groups is 1. The molecule has 0 saturated carbocycles. The maximum absolute atomic E-state index is 10.6. The smallest absolute Gasteiger partial charge is 0.404 e. The van der Waals surface area contributed by atoms with Crippen molar-refractivity contribution in [2.24, 2.45) is 5.73 Å². The Hall–Kier alpha value is -1.20. The Morgan fingerprint density at radius 3 is 2.70 bits per heavy atom. The average molecular weight is 295 g/mol. The summed E-state index contributed by atoms with van der Waals surface area (Å²) in [5, 5.41) is 0. The molecule has 1 aliphatic rings. The summed E-state index contributed by atoms with van der Waals surface area (Å²) < 4.78 is 10.8. The summed E-state index contributed by atoms with van der Waals surface area (Å²) >= 11 is 1.72. The van der Waals surface area contributed by atoms with E-state index >= 15 is 0 Å². The first-order chi connectivity index (χ1) is 9.40. The molecule has 1 aromatic carbocycles. The lowest BCUT2D eigenvalue weighted by Gasteiger charge is -2.24. The van der Waals surface area contributed by atoms with Gasteiger partial charge in [-0.2, -0.15) is 0 Å². The molecule has 2 atom stereocenters. The highest BCUT2D eigenvalue weighted by Crippen LogP contribution is 2.44. The van der Waals surface area contributed by atoms with Gasteiger partial charge in [-0.3, -0.25) is 0 Å². The third kappa shape index (κ3) is 3.46. The Morgan fingerprint density at radius 2 is 2.15 bits per heavy atom. The van der Waals surface area contributed by atoms with Crippen LogP contribution in [0.3, 0.4) is 0 Å². The van der Waals surface area contributed by atoms with Crippen LogP contribution < -0.4 is 5.73 Å². The van der Waals surface area contributed by atoms with Crippen LogP contribution in [0.4, 0.5) is 4.79 Å². The van der Waals surface area contributed by atoms with Crippen molar-refractivity contribution >= 4 is 17.9 Å². The lowest BCUT2D eigenvalue weighted by Crippen LogP contribution is -2.26. The first-order valence-corrected chi connectivity index (χ1v) is 7.74. The van der Waals surface area contributed by atoms with Crippen molar-refractivity contribution in [1.29, 1.82) is 0 Å². The van der Waals surface area contributed by atoms with Crippen molar-refractivity contribution in [3.63, 3.8) is 0 Å². The van der Waals surface area contributed by atoms with Crippen LogP contribution in [0.2, 0.25) is 0 Å². The van der Waals surface area contributed by atoms with Gasteiger partial charge in [-0.1, -0.05) is 38.1 Å². The van der Waals surface area contributed by atoms with Gasteiger partial charge in [-0.25, -0.2) is 4.79 Å². The van der Waals surface area contributed by atoms with Crippen molar-refractivity contribution in [2.75, 3.05) is 12.4 Å². The second-order valence-electron chi connectivity index (χ2n) is 5.40. The fourth-order valence-electron chi connectivity index (χ4n) is 2.22. The Morgan fingerprint density at radius 1 is 1.50 bits per heavy atom. The topological polar surface area (TPSA) is 61.6 Å². The maximum atomic E-state index is 10.6. The largest absolute Gasteiger partial charge is 0.447 e. The number of carbonyl (C=O) groups excluding carboxylic acids is 1. The summed E-state index contributed by atoms with van der Waals surface area (Å²) in [6, 6.07) is 8.50. The van der Waals surface area contributed by atoms with Crippen molar-refractivity contribution in [3.8, 4) is 0 Å². The van der Waals surface area contributed by atoms with E-state index in [4.69, 9.17) is 15.2 Å². The number of nitrogens with two attached hydrogens (primary N) is 1. The first-order valence-electron chi connectivity index (χ1n) is 6.75. The van der Waals surface area contributed by atoms with Crippen LogP contribution in [0, 0.1) is 0 Å². The summed E-state index contributed by atoms with van der Waals surface area (Å²) in [4.78, 5) is 10.2. The number of carbonyl (C=O) groups is 1. The lowest BCUT2D eigenvalue weighted by atomic mass is 10.00. The monoisotopic (exact) mass is 295 g/mol. The lowest BCUT2D eigenvalue weighted by molar-refractivity contribution is -0.0278. The van der Waals surface area contributed by atoms with E-state index in [2.05, 4.69) is 38.1 Å². The van der Waals surface area contributed by atoms with Gasteiger partial charge in [0.1, 0.15) is 17.6 Å². The minimum Gasteiger partial charge on any atom is -0.447 e. The van der Waals surface area contributed by atoms with Crippen molar-refractivity contribution in [1.82, 2.24) is 0 Å². The van der Waals surface area contributed by atoms with Gasteiger partial charge in [0.05, 0.1) is 0 Å². The molecular weight excluding hydrogens is 274 g/mol. The maximum Gasteiger partial charge on any atom is 0.404 e. The molecule has 0 bridgehead atoms. The molecule has 2 N–H and O–H groups in total. The molecule has 1 aliphatic heterocycles. The third-order valence-corrected chi connectivity index (χ3v) is 4.87. The summed E-state index contributed by atoms with van der Waals surface area (Å²) in [7, 11) is 0. The second kappa shape index (κ2) is 6.06. The molecule has 5 heteroatoms. The van der Waals surface area contributed by atoms with E-state index in [1.807, 2.05) is 6.92 Å². The molecule has 1 saturated heterocycles. The van der Waals surface area contributed by atoms with Crippen LogP contribution in [0.5, 0.6) is 0 Å². The van der Waals surface area contributed by atoms with Crippen LogP contribution in [0.1, 0.15) is 37.8 Å². The predicted octanol–water partition coefficient (Wildman–Crippen LogP) is 3.21. The van der Waals surface area contributed by atoms with Gasteiger partial charge in [-0.15, -0.1) is 11.8 Å². The van der Waals surface area contributed by atoms with E-state index in [1.54, 1.807) is 11.8 Å². The summed E-state index contributed by atoms with van der Waals surface area (Å²) in [6.07, 6.45) is -0.865. The number of rotatable bonds is 4. The highest BCUT2D eigenvalue weighted by Gasteiger charge is 2.38. The molecule has 1 amide bonds. The fourth-order valence-corrected chi connectivity index (χ4v) is 3.39. The van der Waals surface area contributed by atoms with E-state index in [-0.39, 0.29) is 17.6 Å². The van der Waals surface area contributed by atoms with E-state index in [1.165, 1.54) is 5.56 Å². The van der Waals surface area contributed by atoms with Crippen LogP contribution in [-0.4, -0.2) is 24.6 Å². The van der Waals surface area contributed by atoms with Crippen LogP contribution in [0.15, 0.2) is 24.3 Å². The van der Waals surface area contributed by atoms with E-state index in [0.717, 1.165) is 11.3 Å². The minimum atomic E-state index is -0.756. The van der Waals surface area contributed by atoms with Crippen LogP contribution in [-0.2, 0) is 14.4 Å². The van der Waals surface area contributed by atoms with Gasteiger partial charge in [0.15, 0.2) is 0 Å². The number of primary amides is 1. The first kappa shape index (κ1) is 15.2. The van der Waals surface area contributed by atoms with E-state index in [0.29, 0.717) is 5.92 Å². The molecule has 4 nitrogen and oxygen atoms in total. The highest BCUT2D eigenvalue weighted by atomic mass is 32.2. The molecule has 0 aliphatic carbocycles. The highest BCUT2D eigenvalue weighted by molar-refractivity contribution is 8.00. The normalized spacial score (nSPS) is 25.9. The SMILES string of the molecule is CC(C)c1ccc([C@@]2(C)O[C@@H](COC(N)=O)CS2)cc1. The molecule has 2 rings (SSSR count). The molecule has 0 aromatic heterocycles. The second-order valence-corrected chi connectivity index (χ2v) is 6.80. The van der Waals surface area contributed by atoms with Gasteiger partial charge < -0.3 is 15.2 Å². The Labute approximate surface area is 124 Å². The number of hydrogen-bond acceptors (Lipinski definition) is 4. The van der Waals surface area contributed by atoms with Gasteiger partial charge in [-0.05, 0) is 24.0 Å². The molecular formula is C15H21NO3S. The van der Waals surface area contributed by atoms with Gasteiger partial charge in [0.25, 0.3) is 0 Å². The standard InChI is InChI=1S/C15H21NO3S/c1-10(2)11-4-6-12(7-5-11)15(3)19-13(9-20-15)8-18-14(16)17/h4-7,10,13H,8-9H2,1-3H3,(H2,16,17)/t13-,15-/m0/s1. The quantitative estimate of drug-likeness (QED) is 0.926. The molecule has 0 spiro atoms. The average Bonchev–Trinajstić information content (AvgIpc) is 2.80. The van der Waals surface area contributed by atoms with E-state index < -0.39 is 6.09 Å². The summed E-state index contributed by atoms with van der Waals surface area (Å²) in [5.41, 5.74) is 7.42. The van der Waals surface area contributed by atoms with Gasteiger partial charge in [0.2, 0.25) is 0 Å². The van der Waals surface area contributed by atoms with E-state index in [9.17, 15) is 4.79 Å². The van der Waals surface area contributed by atoms with Crippen molar-refractivity contribution < 1.29 is 14.3 Å². The summed E-state index contributed by atoms with van der Waals surface area (Å²) in [6.45, 7) is 6.61. The van der Waals surface area contributed by atoms with Gasteiger partial charge in [0, 0.05) is 5.75 Å². The zero-order valence-electron chi connectivity index (χ0n) is 12.1. The van der Waals surface area contributed by atoms with Crippen molar-refractivity contribution in [3.05, 3.63) is 35.4 Å².